The number of hydrogen-bond acceptors (Lipinski definition) is 3. The van der Waals surface area contributed by atoms with Crippen LogP contribution in [-0.4, -0.2) is 36.4 Å². The number of aliphatic hydroxyl groups excluding tert-OH is 1. The summed E-state index contributed by atoms with van der Waals surface area (Å²) >= 11 is 0. The summed E-state index contributed by atoms with van der Waals surface area (Å²) in [6.07, 6.45) is 0.169. The average Bonchev–Trinajstić information content (AvgIpc) is 2.46. The molecule has 1 rings (SSSR count). The number of hydrogen-bond donors (Lipinski definition) is 1. The Morgan fingerprint density at radius 3 is 2.57 bits per heavy atom. The van der Waals surface area contributed by atoms with Crippen LogP contribution < -0.4 is 0 Å². The van der Waals surface area contributed by atoms with Crippen LogP contribution in [0.5, 0.6) is 0 Å². The highest BCUT2D eigenvalue weighted by atomic mass is 16.6. The molecule has 4 heteroatoms. The molecule has 0 atom stereocenters. The maximum absolute atomic E-state index is 11.8. The van der Waals surface area contributed by atoms with Gasteiger partial charge in [-0.05, 0) is 23.6 Å². The summed E-state index contributed by atoms with van der Waals surface area (Å²) in [5, 5.41) is 8.67. The van der Waals surface area contributed by atoms with Gasteiger partial charge in [0.25, 0.3) is 0 Å². The van der Waals surface area contributed by atoms with Crippen molar-refractivity contribution >= 4 is 6.09 Å². The van der Waals surface area contributed by atoms with E-state index >= 15 is 0 Å². The van der Waals surface area contributed by atoms with Gasteiger partial charge in [-0.25, -0.2) is 4.79 Å². The molecule has 0 aliphatic rings. The van der Waals surface area contributed by atoms with Gasteiger partial charge in [0.15, 0.2) is 0 Å². The highest BCUT2D eigenvalue weighted by molar-refractivity contribution is 5.67. The number of rotatable bonds is 5. The molecule has 0 saturated heterocycles. The average molecular weight is 289 g/mol. The van der Waals surface area contributed by atoms with E-state index in [0.717, 1.165) is 11.1 Å². The van der Waals surface area contributed by atoms with Crippen LogP contribution in [0.25, 0.3) is 0 Å². The standard InChI is InChI=1S/C17H23NO3/c1-14(2)13-21-17(20)18(3)12-16-9-7-15(8-10-16)6-4-5-11-19/h7-10,14,19H,5,11-13H2,1-3H3. The van der Waals surface area contributed by atoms with Crippen LogP contribution in [0.4, 0.5) is 4.79 Å². The lowest BCUT2D eigenvalue weighted by atomic mass is 10.1. The van der Waals surface area contributed by atoms with Crippen LogP contribution in [-0.2, 0) is 11.3 Å². The molecule has 0 unspecified atom stereocenters. The van der Waals surface area contributed by atoms with E-state index in [9.17, 15) is 4.79 Å². The predicted molar refractivity (Wildman–Crippen MR) is 82.7 cm³/mol. The van der Waals surface area contributed by atoms with Gasteiger partial charge >= 0.3 is 6.09 Å². The molecule has 1 N–H and O–H groups in total. The first kappa shape index (κ1) is 17.1. The Hall–Kier alpha value is -1.99. The molecule has 0 aliphatic heterocycles. The molecule has 0 fully saturated rings. The molecule has 0 spiro atoms. The molecule has 1 amide bonds. The van der Waals surface area contributed by atoms with Crippen molar-refractivity contribution in [2.45, 2.75) is 26.8 Å². The van der Waals surface area contributed by atoms with Gasteiger partial charge in [-0.3, -0.25) is 0 Å². The number of carbonyl (C=O) groups is 1. The normalized spacial score (nSPS) is 9.95. The Morgan fingerprint density at radius 2 is 2.00 bits per heavy atom. The van der Waals surface area contributed by atoms with E-state index in [-0.39, 0.29) is 12.7 Å². The number of aliphatic hydroxyl groups is 1. The summed E-state index contributed by atoms with van der Waals surface area (Å²) in [6.45, 7) is 5.02. The van der Waals surface area contributed by atoms with Crippen molar-refractivity contribution < 1.29 is 14.6 Å². The lowest BCUT2D eigenvalue weighted by Crippen LogP contribution is -2.28. The Balaban J connectivity index is 2.51. The van der Waals surface area contributed by atoms with E-state index in [0.29, 0.717) is 25.5 Å². The summed E-state index contributed by atoms with van der Waals surface area (Å²) in [5.41, 5.74) is 1.92. The Labute approximate surface area is 126 Å². The van der Waals surface area contributed by atoms with E-state index in [1.165, 1.54) is 0 Å². The maximum atomic E-state index is 11.8. The first-order chi connectivity index (χ1) is 10.0. The van der Waals surface area contributed by atoms with Crippen LogP contribution in [0.2, 0.25) is 0 Å². The summed E-state index contributed by atoms with van der Waals surface area (Å²) < 4.78 is 5.17. The van der Waals surface area contributed by atoms with E-state index in [1.54, 1.807) is 11.9 Å². The van der Waals surface area contributed by atoms with Crippen molar-refractivity contribution in [3.63, 3.8) is 0 Å². The van der Waals surface area contributed by atoms with Crippen LogP contribution >= 0.6 is 0 Å². The number of ether oxygens (including phenoxy) is 1. The SMILES string of the molecule is CC(C)COC(=O)N(C)Cc1ccc(C#CCCO)cc1. The second-order valence-corrected chi connectivity index (χ2v) is 5.30. The fourth-order valence-corrected chi connectivity index (χ4v) is 1.60. The number of carbonyl (C=O) groups excluding carboxylic acids is 1. The molecule has 4 nitrogen and oxygen atoms in total. The second-order valence-electron chi connectivity index (χ2n) is 5.30. The third-order valence-electron chi connectivity index (χ3n) is 2.70. The largest absolute Gasteiger partial charge is 0.449 e. The van der Waals surface area contributed by atoms with Crippen molar-refractivity contribution in [2.24, 2.45) is 5.92 Å². The lowest BCUT2D eigenvalue weighted by Gasteiger charge is -2.18. The molecule has 0 radical (unpaired) electrons. The topological polar surface area (TPSA) is 49.8 Å². The fourth-order valence-electron chi connectivity index (χ4n) is 1.60. The van der Waals surface area contributed by atoms with Crippen molar-refractivity contribution in [1.82, 2.24) is 4.90 Å². The third kappa shape index (κ3) is 6.82. The molecular weight excluding hydrogens is 266 g/mol. The quantitative estimate of drug-likeness (QED) is 0.848. The smallest absolute Gasteiger partial charge is 0.409 e. The first-order valence-corrected chi connectivity index (χ1v) is 7.09. The van der Waals surface area contributed by atoms with Crippen LogP contribution in [0.1, 0.15) is 31.4 Å². The number of nitrogens with zero attached hydrogens (tertiary/aromatic N) is 1. The van der Waals surface area contributed by atoms with E-state index in [2.05, 4.69) is 11.8 Å². The molecule has 0 aromatic heterocycles. The molecule has 0 bridgehead atoms. The fraction of sp³-hybridized carbons (Fsp3) is 0.471. The van der Waals surface area contributed by atoms with Gasteiger partial charge in [0.05, 0.1) is 13.2 Å². The van der Waals surface area contributed by atoms with Crippen molar-refractivity contribution in [1.29, 1.82) is 0 Å². The maximum Gasteiger partial charge on any atom is 0.409 e. The minimum atomic E-state index is -0.310. The number of amides is 1. The van der Waals surface area contributed by atoms with Gasteiger partial charge in [0, 0.05) is 25.6 Å². The Bertz CT molecular complexity index is 497. The zero-order chi connectivity index (χ0) is 15.7. The first-order valence-electron chi connectivity index (χ1n) is 7.09. The highest BCUT2D eigenvalue weighted by Gasteiger charge is 2.11. The van der Waals surface area contributed by atoms with Gasteiger partial charge in [0.1, 0.15) is 0 Å². The van der Waals surface area contributed by atoms with Gasteiger partial charge in [-0.2, -0.15) is 0 Å². The molecule has 21 heavy (non-hydrogen) atoms. The van der Waals surface area contributed by atoms with Crippen molar-refractivity contribution in [3.05, 3.63) is 35.4 Å². The zero-order valence-corrected chi connectivity index (χ0v) is 12.9. The van der Waals surface area contributed by atoms with E-state index < -0.39 is 0 Å². The van der Waals surface area contributed by atoms with Crippen LogP contribution in [0.15, 0.2) is 24.3 Å². The van der Waals surface area contributed by atoms with Gasteiger partial charge in [-0.15, -0.1) is 0 Å². The predicted octanol–water partition coefficient (Wildman–Crippen LogP) is 2.64. The Kier molecular flexibility index (Phi) is 7.34. The van der Waals surface area contributed by atoms with Crippen molar-refractivity contribution in [3.8, 4) is 11.8 Å². The summed E-state index contributed by atoms with van der Waals surface area (Å²) in [4.78, 5) is 13.3. The van der Waals surface area contributed by atoms with E-state index in [4.69, 9.17) is 9.84 Å². The molecule has 0 heterocycles. The Morgan fingerprint density at radius 1 is 1.33 bits per heavy atom. The van der Waals surface area contributed by atoms with Crippen molar-refractivity contribution in [2.75, 3.05) is 20.3 Å². The molecule has 0 aliphatic carbocycles. The highest BCUT2D eigenvalue weighted by Crippen LogP contribution is 2.07. The van der Waals surface area contributed by atoms with Gasteiger partial charge in [-0.1, -0.05) is 37.8 Å². The molecule has 114 valence electrons. The van der Waals surface area contributed by atoms with E-state index in [1.807, 2.05) is 38.1 Å². The zero-order valence-electron chi connectivity index (χ0n) is 12.9. The van der Waals surface area contributed by atoms with Crippen LogP contribution in [0, 0.1) is 17.8 Å². The minimum Gasteiger partial charge on any atom is -0.449 e. The van der Waals surface area contributed by atoms with Gasteiger partial charge < -0.3 is 14.7 Å². The van der Waals surface area contributed by atoms with Crippen LogP contribution in [0.3, 0.4) is 0 Å². The summed E-state index contributed by atoms with van der Waals surface area (Å²) in [7, 11) is 1.72. The molecule has 1 aromatic rings. The monoisotopic (exact) mass is 289 g/mol. The minimum absolute atomic E-state index is 0.0777. The summed E-state index contributed by atoms with van der Waals surface area (Å²) in [5.74, 6) is 6.17. The van der Waals surface area contributed by atoms with Gasteiger partial charge in [0.2, 0.25) is 0 Å². The second kappa shape index (κ2) is 9.04. The molecular formula is C17H23NO3. The lowest BCUT2D eigenvalue weighted by molar-refractivity contribution is 0.0980. The molecule has 0 saturated carbocycles. The molecule has 1 aromatic carbocycles. The third-order valence-corrected chi connectivity index (χ3v) is 2.70. The summed E-state index contributed by atoms with van der Waals surface area (Å²) in [6, 6.07) is 7.70. The number of benzene rings is 1.